The third-order valence-electron chi connectivity index (χ3n) is 4.18. The van der Waals surface area contributed by atoms with E-state index in [-0.39, 0.29) is 23.9 Å². The highest BCUT2D eigenvalue weighted by Gasteiger charge is 2.13. The van der Waals surface area contributed by atoms with Crippen LogP contribution in [0.1, 0.15) is 28.3 Å². The van der Waals surface area contributed by atoms with Gasteiger partial charge in [-0.2, -0.15) is 15.3 Å². The van der Waals surface area contributed by atoms with Crippen molar-refractivity contribution in [2.75, 3.05) is 10.6 Å². The van der Waals surface area contributed by atoms with E-state index in [9.17, 15) is 9.59 Å². The van der Waals surface area contributed by atoms with E-state index in [1.54, 1.807) is 45.5 Å². The fourth-order valence-corrected chi connectivity index (χ4v) is 2.45. The third-order valence-corrected chi connectivity index (χ3v) is 4.18. The van der Waals surface area contributed by atoms with Crippen LogP contribution in [0.3, 0.4) is 0 Å². The zero-order chi connectivity index (χ0) is 19.6. The maximum absolute atomic E-state index is 12.2. The minimum Gasteiger partial charge on any atom is -0.309 e. The van der Waals surface area contributed by atoms with Crippen molar-refractivity contribution < 1.29 is 9.59 Å². The highest BCUT2D eigenvalue weighted by molar-refractivity contribution is 6.02. The number of hydrogen-bond donors (Lipinski definition) is 2. The highest BCUT2D eigenvalue weighted by atomic mass is 16.2. The number of anilines is 2. The molecule has 0 bridgehead atoms. The van der Waals surface area contributed by atoms with E-state index in [0.29, 0.717) is 18.2 Å². The predicted molar refractivity (Wildman–Crippen MR) is 99.3 cm³/mol. The number of nitrogens with one attached hydrogen (secondary N) is 2. The zero-order valence-electron chi connectivity index (χ0n) is 15.7. The Bertz CT molecular complexity index is 942. The molecule has 0 saturated heterocycles. The average molecular weight is 370 g/mol. The van der Waals surface area contributed by atoms with Gasteiger partial charge in [-0.1, -0.05) is 0 Å². The Hall–Kier alpha value is -3.43. The van der Waals surface area contributed by atoms with Gasteiger partial charge in [-0.15, -0.1) is 0 Å². The van der Waals surface area contributed by atoms with Crippen LogP contribution < -0.4 is 10.6 Å². The molecule has 2 N–H and O–H groups in total. The second-order valence-electron chi connectivity index (χ2n) is 6.31. The Morgan fingerprint density at radius 3 is 2.11 bits per heavy atom. The lowest BCUT2D eigenvalue weighted by atomic mass is 10.4. The second kappa shape index (κ2) is 7.44. The average Bonchev–Trinajstić information content (AvgIpc) is 3.27. The number of amides is 2. The van der Waals surface area contributed by atoms with Crippen molar-refractivity contribution in [3.8, 4) is 0 Å². The number of nitrogens with zero attached hydrogens (tertiary/aromatic N) is 6. The molecule has 3 aromatic heterocycles. The van der Waals surface area contributed by atoms with Crippen LogP contribution in [0.15, 0.2) is 24.4 Å². The van der Waals surface area contributed by atoms with Crippen LogP contribution in [0.2, 0.25) is 0 Å². The standard InChI is InChI=1S/C17H22N8O2/c1-11-9-14(21-23(11)3)18-16(26)6-8-25-7-5-13(20-25)17(27)19-15-10-12(2)24(4)22-15/h5,7,9-10H,6,8H2,1-4H3,(H,18,21,26)(H,19,22,27). The van der Waals surface area contributed by atoms with Gasteiger partial charge < -0.3 is 10.6 Å². The van der Waals surface area contributed by atoms with Gasteiger partial charge in [0.15, 0.2) is 17.3 Å². The molecular weight excluding hydrogens is 348 g/mol. The molecule has 10 nitrogen and oxygen atoms in total. The summed E-state index contributed by atoms with van der Waals surface area (Å²) in [6.07, 6.45) is 1.88. The Labute approximate surface area is 156 Å². The summed E-state index contributed by atoms with van der Waals surface area (Å²) in [5.74, 6) is 0.476. The predicted octanol–water partition coefficient (Wildman–Crippen LogP) is 1.25. The molecule has 0 saturated carbocycles. The molecule has 0 radical (unpaired) electrons. The summed E-state index contributed by atoms with van der Waals surface area (Å²) in [5, 5.41) is 18.0. The van der Waals surface area contributed by atoms with Crippen LogP contribution in [0.5, 0.6) is 0 Å². The molecule has 10 heteroatoms. The van der Waals surface area contributed by atoms with Gasteiger partial charge in [0.1, 0.15) is 0 Å². The first-order valence-corrected chi connectivity index (χ1v) is 8.48. The van der Waals surface area contributed by atoms with Crippen LogP contribution >= 0.6 is 0 Å². The van der Waals surface area contributed by atoms with Gasteiger partial charge in [0, 0.05) is 56.8 Å². The number of aromatic nitrogens is 6. The molecule has 0 fully saturated rings. The lowest BCUT2D eigenvalue weighted by molar-refractivity contribution is -0.116. The minimum absolute atomic E-state index is 0.168. The van der Waals surface area contributed by atoms with E-state index in [2.05, 4.69) is 25.9 Å². The van der Waals surface area contributed by atoms with E-state index in [4.69, 9.17) is 0 Å². The normalized spacial score (nSPS) is 10.8. The third kappa shape index (κ3) is 4.40. The van der Waals surface area contributed by atoms with Crippen molar-refractivity contribution in [1.82, 2.24) is 29.3 Å². The second-order valence-corrected chi connectivity index (χ2v) is 6.31. The van der Waals surface area contributed by atoms with E-state index in [1.807, 2.05) is 20.9 Å². The number of carbonyl (C=O) groups excluding carboxylic acids is 2. The van der Waals surface area contributed by atoms with Crippen molar-refractivity contribution in [2.24, 2.45) is 14.1 Å². The minimum atomic E-state index is -0.347. The monoisotopic (exact) mass is 370 g/mol. The van der Waals surface area contributed by atoms with Crippen molar-refractivity contribution in [1.29, 1.82) is 0 Å². The zero-order valence-corrected chi connectivity index (χ0v) is 15.7. The van der Waals surface area contributed by atoms with Gasteiger partial charge >= 0.3 is 0 Å². The fraction of sp³-hybridized carbons (Fsp3) is 0.353. The molecule has 0 spiro atoms. The fourth-order valence-electron chi connectivity index (χ4n) is 2.45. The Balaban J connectivity index is 1.52. The number of carbonyl (C=O) groups is 2. The molecule has 0 unspecified atom stereocenters. The first-order chi connectivity index (χ1) is 12.8. The number of rotatable bonds is 6. The van der Waals surface area contributed by atoms with Gasteiger partial charge in [-0.3, -0.25) is 23.6 Å². The van der Waals surface area contributed by atoms with Crippen LogP contribution in [0, 0.1) is 13.8 Å². The van der Waals surface area contributed by atoms with Gasteiger partial charge in [0.2, 0.25) is 5.91 Å². The number of aryl methyl sites for hydroxylation is 5. The Morgan fingerprint density at radius 2 is 1.56 bits per heavy atom. The van der Waals surface area contributed by atoms with Gasteiger partial charge in [-0.05, 0) is 19.9 Å². The molecule has 3 rings (SSSR count). The molecule has 0 aliphatic heterocycles. The number of hydrogen-bond acceptors (Lipinski definition) is 5. The van der Waals surface area contributed by atoms with Gasteiger partial charge in [0.25, 0.3) is 5.91 Å². The SMILES string of the molecule is Cc1cc(NC(=O)CCn2ccc(C(=O)Nc3cc(C)n(C)n3)n2)nn1C. The quantitative estimate of drug-likeness (QED) is 0.678. The summed E-state index contributed by atoms with van der Waals surface area (Å²) < 4.78 is 4.93. The Morgan fingerprint density at radius 1 is 0.963 bits per heavy atom. The topological polar surface area (TPSA) is 112 Å². The molecule has 0 aliphatic rings. The molecule has 0 aromatic carbocycles. The first-order valence-electron chi connectivity index (χ1n) is 8.48. The van der Waals surface area contributed by atoms with Crippen LogP contribution in [-0.4, -0.2) is 41.2 Å². The smallest absolute Gasteiger partial charge is 0.277 e. The summed E-state index contributed by atoms with van der Waals surface area (Å²) in [4.78, 5) is 24.3. The summed E-state index contributed by atoms with van der Waals surface area (Å²) in [6.45, 7) is 4.16. The van der Waals surface area contributed by atoms with E-state index >= 15 is 0 Å². The molecule has 0 aliphatic carbocycles. The maximum Gasteiger partial charge on any atom is 0.277 e. The van der Waals surface area contributed by atoms with Gasteiger partial charge in [-0.25, -0.2) is 0 Å². The van der Waals surface area contributed by atoms with E-state index in [1.165, 1.54) is 0 Å². The van der Waals surface area contributed by atoms with Gasteiger partial charge in [0.05, 0.1) is 0 Å². The molecule has 142 valence electrons. The highest BCUT2D eigenvalue weighted by Crippen LogP contribution is 2.09. The summed E-state index contributed by atoms with van der Waals surface area (Å²) in [7, 11) is 3.62. The molecule has 3 heterocycles. The van der Waals surface area contributed by atoms with Crippen molar-refractivity contribution in [2.45, 2.75) is 26.8 Å². The summed E-state index contributed by atoms with van der Waals surface area (Å²) in [6, 6.07) is 5.18. The molecule has 2 amide bonds. The van der Waals surface area contributed by atoms with Crippen LogP contribution in [-0.2, 0) is 25.4 Å². The Kier molecular flexibility index (Phi) is 5.06. The summed E-state index contributed by atoms with van der Waals surface area (Å²) >= 11 is 0. The van der Waals surface area contributed by atoms with Crippen molar-refractivity contribution in [3.05, 3.63) is 41.5 Å². The molecule has 3 aromatic rings. The lowest BCUT2D eigenvalue weighted by Gasteiger charge is -2.03. The molecular formula is C17H22N8O2. The van der Waals surface area contributed by atoms with Crippen molar-refractivity contribution >= 4 is 23.5 Å². The first kappa shape index (κ1) is 18.4. The lowest BCUT2D eigenvalue weighted by Crippen LogP contribution is -2.16. The largest absolute Gasteiger partial charge is 0.309 e. The van der Waals surface area contributed by atoms with Crippen LogP contribution in [0.25, 0.3) is 0 Å². The van der Waals surface area contributed by atoms with Crippen LogP contribution in [0.4, 0.5) is 11.6 Å². The molecule has 0 atom stereocenters. The van der Waals surface area contributed by atoms with E-state index in [0.717, 1.165) is 11.4 Å². The summed E-state index contributed by atoms with van der Waals surface area (Å²) in [5.41, 5.74) is 2.15. The van der Waals surface area contributed by atoms with Crippen molar-refractivity contribution in [3.63, 3.8) is 0 Å². The maximum atomic E-state index is 12.2. The van der Waals surface area contributed by atoms with E-state index < -0.39 is 0 Å². The molecule has 27 heavy (non-hydrogen) atoms.